The topological polar surface area (TPSA) is 90.0 Å². The summed E-state index contributed by atoms with van der Waals surface area (Å²) in [5.41, 5.74) is 3.96. The Hall–Kier alpha value is -2.91. The molecule has 0 aliphatic carbocycles. The molecule has 8 nitrogen and oxygen atoms in total. The van der Waals surface area contributed by atoms with Crippen molar-refractivity contribution >= 4 is 27.7 Å². The number of carbonyl (C=O) groups excluding carboxylic acids is 2. The van der Waals surface area contributed by atoms with Gasteiger partial charge in [-0.25, -0.2) is 4.31 Å². The van der Waals surface area contributed by atoms with Crippen LogP contribution in [-0.2, 0) is 26.3 Å². The molecule has 0 bridgehead atoms. The molecule has 2 rings (SSSR count). The molecule has 1 atom stereocenters. The molecule has 1 N–H and O–H groups in total. The van der Waals surface area contributed by atoms with Gasteiger partial charge in [-0.1, -0.05) is 42.0 Å². The quantitative estimate of drug-likeness (QED) is 0.540. The Morgan fingerprint density at radius 1 is 0.914 bits per heavy atom. The number of hydrogen-bond acceptors (Lipinski definition) is 4. The fourth-order valence-corrected chi connectivity index (χ4v) is 4.68. The molecule has 0 aromatic heterocycles. The van der Waals surface area contributed by atoms with Crippen LogP contribution in [-0.4, -0.2) is 62.2 Å². The van der Waals surface area contributed by atoms with Crippen LogP contribution >= 0.6 is 0 Å². The molecule has 192 valence electrons. The SMILES string of the molecule is Cc1ccc(CN(C(=O)CN(c2cc(C)ccc2C)S(=O)(=O)N(C)C)C(C)C(=O)NC(C)C)cc1. The monoisotopic (exact) mass is 502 g/mol. The van der Waals surface area contributed by atoms with E-state index in [1.165, 1.54) is 19.0 Å². The molecule has 2 aromatic carbocycles. The maximum atomic E-state index is 13.7. The van der Waals surface area contributed by atoms with Crippen molar-refractivity contribution in [3.63, 3.8) is 0 Å². The minimum Gasteiger partial charge on any atom is -0.352 e. The number of nitrogens with one attached hydrogen (secondary N) is 1. The van der Waals surface area contributed by atoms with E-state index in [1.807, 2.05) is 64.1 Å². The maximum absolute atomic E-state index is 13.7. The van der Waals surface area contributed by atoms with E-state index in [4.69, 9.17) is 0 Å². The largest absolute Gasteiger partial charge is 0.352 e. The van der Waals surface area contributed by atoms with Gasteiger partial charge < -0.3 is 10.2 Å². The summed E-state index contributed by atoms with van der Waals surface area (Å²) in [4.78, 5) is 28.0. The Balaban J connectivity index is 2.50. The molecule has 1 unspecified atom stereocenters. The van der Waals surface area contributed by atoms with Crippen molar-refractivity contribution in [2.45, 2.75) is 60.2 Å². The molecule has 0 aliphatic rings. The summed E-state index contributed by atoms with van der Waals surface area (Å²) in [5, 5.41) is 2.85. The van der Waals surface area contributed by atoms with Gasteiger partial charge in [0.25, 0.3) is 0 Å². The fraction of sp³-hybridized carbons (Fsp3) is 0.462. The average molecular weight is 503 g/mol. The zero-order valence-corrected chi connectivity index (χ0v) is 22.8. The van der Waals surface area contributed by atoms with Gasteiger partial charge in [-0.15, -0.1) is 0 Å². The molecule has 0 heterocycles. The molecular weight excluding hydrogens is 464 g/mol. The van der Waals surface area contributed by atoms with E-state index in [-0.39, 0.29) is 18.5 Å². The third kappa shape index (κ3) is 7.29. The van der Waals surface area contributed by atoms with Gasteiger partial charge in [-0.3, -0.25) is 9.59 Å². The third-order valence-electron chi connectivity index (χ3n) is 5.72. The predicted molar refractivity (Wildman–Crippen MR) is 140 cm³/mol. The maximum Gasteiger partial charge on any atom is 0.304 e. The molecule has 35 heavy (non-hydrogen) atoms. The van der Waals surface area contributed by atoms with E-state index in [2.05, 4.69) is 5.32 Å². The van der Waals surface area contributed by atoms with Crippen molar-refractivity contribution in [3.8, 4) is 0 Å². The van der Waals surface area contributed by atoms with Crippen molar-refractivity contribution < 1.29 is 18.0 Å². The minimum absolute atomic E-state index is 0.0955. The van der Waals surface area contributed by atoms with Crippen LogP contribution in [0.15, 0.2) is 42.5 Å². The highest BCUT2D eigenvalue weighted by atomic mass is 32.2. The van der Waals surface area contributed by atoms with Crippen LogP contribution in [0, 0.1) is 20.8 Å². The van der Waals surface area contributed by atoms with Crippen molar-refractivity contribution in [3.05, 3.63) is 64.7 Å². The first kappa shape index (κ1) is 28.3. The molecule has 0 aliphatic heterocycles. The first-order chi connectivity index (χ1) is 16.2. The van der Waals surface area contributed by atoms with Crippen molar-refractivity contribution in [1.82, 2.24) is 14.5 Å². The van der Waals surface area contributed by atoms with Gasteiger partial charge in [-0.2, -0.15) is 12.7 Å². The molecule has 0 saturated carbocycles. The number of aryl methyl sites for hydroxylation is 3. The van der Waals surface area contributed by atoms with E-state index in [0.29, 0.717) is 5.69 Å². The predicted octanol–water partition coefficient (Wildman–Crippen LogP) is 3.17. The molecule has 2 aromatic rings. The first-order valence-corrected chi connectivity index (χ1v) is 13.1. The molecule has 0 spiro atoms. The highest BCUT2D eigenvalue weighted by molar-refractivity contribution is 7.90. The molecule has 9 heteroatoms. The number of rotatable bonds is 10. The van der Waals surface area contributed by atoms with Crippen LogP contribution in [0.3, 0.4) is 0 Å². The van der Waals surface area contributed by atoms with Gasteiger partial charge in [0.2, 0.25) is 11.8 Å². The van der Waals surface area contributed by atoms with Crippen molar-refractivity contribution in [1.29, 1.82) is 0 Å². The number of benzene rings is 2. The van der Waals surface area contributed by atoms with Gasteiger partial charge in [0, 0.05) is 26.7 Å². The first-order valence-electron chi connectivity index (χ1n) is 11.7. The second-order valence-electron chi connectivity index (χ2n) is 9.43. The Morgan fingerprint density at radius 3 is 2.03 bits per heavy atom. The van der Waals surface area contributed by atoms with E-state index in [1.54, 1.807) is 19.9 Å². The summed E-state index contributed by atoms with van der Waals surface area (Å²) in [6, 6.07) is 12.3. The lowest BCUT2D eigenvalue weighted by Crippen LogP contribution is -2.53. The summed E-state index contributed by atoms with van der Waals surface area (Å²) in [6.45, 7) is 10.7. The van der Waals surface area contributed by atoms with E-state index in [9.17, 15) is 18.0 Å². The van der Waals surface area contributed by atoms with Gasteiger partial charge in [0.05, 0.1) is 5.69 Å². The lowest BCUT2D eigenvalue weighted by atomic mass is 10.1. The van der Waals surface area contributed by atoms with Crippen LogP contribution in [0.1, 0.15) is 43.0 Å². The van der Waals surface area contributed by atoms with E-state index < -0.39 is 28.7 Å². The smallest absolute Gasteiger partial charge is 0.304 e. The number of amides is 2. The lowest BCUT2D eigenvalue weighted by molar-refractivity contribution is -0.139. The van der Waals surface area contributed by atoms with Crippen LogP contribution in [0.2, 0.25) is 0 Å². The molecular formula is C26H38N4O4S. The van der Waals surface area contributed by atoms with Gasteiger partial charge in [0.1, 0.15) is 12.6 Å². The number of anilines is 1. The van der Waals surface area contributed by atoms with E-state index >= 15 is 0 Å². The summed E-state index contributed by atoms with van der Waals surface area (Å²) >= 11 is 0. The molecule has 0 saturated heterocycles. The van der Waals surface area contributed by atoms with Crippen LogP contribution in [0.25, 0.3) is 0 Å². The van der Waals surface area contributed by atoms with Crippen LogP contribution < -0.4 is 9.62 Å². The van der Waals surface area contributed by atoms with E-state index in [0.717, 1.165) is 30.9 Å². The Morgan fingerprint density at radius 2 is 1.49 bits per heavy atom. The second kappa shape index (κ2) is 11.7. The Labute approximate surface area is 210 Å². The van der Waals surface area contributed by atoms with Crippen LogP contribution in [0.5, 0.6) is 0 Å². The average Bonchev–Trinajstić information content (AvgIpc) is 2.77. The zero-order valence-electron chi connectivity index (χ0n) is 22.0. The third-order valence-corrected chi connectivity index (χ3v) is 7.53. The highest BCUT2D eigenvalue weighted by Gasteiger charge is 2.33. The molecule has 2 amide bonds. The molecule has 0 radical (unpaired) electrons. The normalized spacial score (nSPS) is 12.5. The molecule has 0 fully saturated rings. The van der Waals surface area contributed by atoms with Gasteiger partial charge in [-0.05, 0) is 64.3 Å². The Bertz CT molecular complexity index is 1140. The standard InChI is InChI=1S/C26H38N4O4S/c1-18(2)27-26(32)22(6)29(16-23-13-10-19(3)11-14-23)25(31)17-30(35(33,34)28(7)8)24-15-20(4)9-12-21(24)5/h9-15,18,22H,16-17H2,1-8H3,(H,27,32). The van der Waals surface area contributed by atoms with Crippen molar-refractivity contribution in [2.24, 2.45) is 0 Å². The summed E-state index contributed by atoms with van der Waals surface area (Å²) in [5.74, 6) is -0.766. The zero-order chi connectivity index (χ0) is 26.5. The number of carbonyl (C=O) groups is 2. The second-order valence-corrected chi connectivity index (χ2v) is 11.5. The van der Waals surface area contributed by atoms with Crippen molar-refractivity contribution in [2.75, 3.05) is 24.9 Å². The summed E-state index contributed by atoms with van der Waals surface area (Å²) < 4.78 is 28.8. The summed E-state index contributed by atoms with van der Waals surface area (Å²) in [6.07, 6.45) is 0. The summed E-state index contributed by atoms with van der Waals surface area (Å²) in [7, 11) is -1.12. The highest BCUT2D eigenvalue weighted by Crippen LogP contribution is 2.26. The lowest BCUT2D eigenvalue weighted by Gasteiger charge is -2.33. The number of hydrogen-bond donors (Lipinski definition) is 1. The minimum atomic E-state index is -3.98. The fourth-order valence-electron chi connectivity index (χ4n) is 3.57. The number of nitrogens with zero attached hydrogens (tertiary/aromatic N) is 3. The van der Waals surface area contributed by atoms with Gasteiger partial charge in [0.15, 0.2) is 0 Å². The van der Waals surface area contributed by atoms with Crippen LogP contribution in [0.4, 0.5) is 5.69 Å². The van der Waals surface area contributed by atoms with Gasteiger partial charge >= 0.3 is 10.2 Å². The Kier molecular flexibility index (Phi) is 9.45.